The molecule has 80 valence electrons. The smallest absolute Gasteiger partial charge is 0.326 e. The van der Waals surface area contributed by atoms with Crippen LogP contribution in [0.5, 0.6) is 0 Å². The summed E-state index contributed by atoms with van der Waals surface area (Å²) < 4.78 is 6.56. The summed E-state index contributed by atoms with van der Waals surface area (Å²) in [5.41, 5.74) is 1.33. The molecule has 0 aliphatic carbocycles. The van der Waals surface area contributed by atoms with Gasteiger partial charge < -0.3 is 9.72 Å². The number of H-pyrrole nitrogens is 1. The van der Waals surface area contributed by atoms with Gasteiger partial charge in [0, 0.05) is 7.11 Å². The minimum atomic E-state index is -0.157. The lowest BCUT2D eigenvalue weighted by molar-refractivity contribution is 0.187. The lowest BCUT2D eigenvalue weighted by atomic mass is 10.3. The summed E-state index contributed by atoms with van der Waals surface area (Å²) in [7, 11) is 1.60. The van der Waals surface area contributed by atoms with Crippen LogP contribution in [0.25, 0.3) is 11.0 Å². The zero-order chi connectivity index (χ0) is 10.8. The van der Waals surface area contributed by atoms with Crippen LogP contribution >= 0.6 is 11.6 Å². The lowest BCUT2D eigenvalue weighted by Gasteiger charge is -2.01. The van der Waals surface area contributed by atoms with Gasteiger partial charge in [-0.2, -0.15) is 0 Å². The van der Waals surface area contributed by atoms with Crippen LogP contribution in [0.15, 0.2) is 23.0 Å². The van der Waals surface area contributed by atoms with Crippen molar-refractivity contribution in [2.45, 2.75) is 6.54 Å². The molecule has 1 aromatic carbocycles. The fourth-order valence-electron chi connectivity index (χ4n) is 1.55. The Kier molecular flexibility index (Phi) is 2.79. The molecule has 2 aromatic rings. The summed E-state index contributed by atoms with van der Waals surface area (Å²) in [5, 5.41) is 0.556. The second kappa shape index (κ2) is 4.08. The van der Waals surface area contributed by atoms with Crippen molar-refractivity contribution in [2.24, 2.45) is 0 Å². The number of aromatic nitrogens is 2. The Hall–Kier alpha value is -1.26. The van der Waals surface area contributed by atoms with Crippen LogP contribution in [0.3, 0.4) is 0 Å². The van der Waals surface area contributed by atoms with E-state index in [-0.39, 0.29) is 5.69 Å². The molecule has 5 heteroatoms. The number of nitrogens with zero attached hydrogens (tertiary/aromatic N) is 1. The SMILES string of the molecule is COCCn1c(=O)[nH]c2c(Cl)cccc21. The number of methoxy groups -OCH3 is 1. The maximum atomic E-state index is 11.6. The highest BCUT2D eigenvalue weighted by molar-refractivity contribution is 6.34. The predicted octanol–water partition coefficient (Wildman–Crippen LogP) is 1.63. The van der Waals surface area contributed by atoms with Gasteiger partial charge in [-0.1, -0.05) is 17.7 Å². The van der Waals surface area contributed by atoms with Crippen LogP contribution in [0, 0.1) is 0 Å². The Morgan fingerprint density at radius 2 is 2.33 bits per heavy atom. The van der Waals surface area contributed by atoms with Crippen molar-refractivity contribution >= 4 is 22.6 Å². The van der Waals surface area contributed by atoms with Gasteiger partial charge in [-0.15, -0.1) is 0 Å². The number of hydrogen-bond donors (Lipinski definition) is 1. The molecule has 0 saturated carbocycles. The summed E-state index contributed by atoms with van der Waals surface area (Å²) in [6.45, 7) is 1.02. The van der Waals surface area contributed by atoms with Crippen molar-refractivity contribution in [3.8, 4) is 0 Å². The maximum Gasteiger partial charge on any atom is 0.326 e. The third kappa shape index (κ3) is 1.78. The van der Waals surface area contributed by atoms with E-state index in [4.69, 9.17) is 16.3 Å². The van der Waals surface area contributed by atoms with Crippen molar-refractivity contribution < 1.29 is 4.74 Å². The number of para-hydroxylation sites is 1. The van der Waals surface area contributed by atoms with Gasteiger partial charge in [-0.05, 0) is 12.1 Å². The summed E-state index contributed by atoms with van der Waals surface area (Å²) in [6.07, 6.45) is 0. The van der Waals surface area contributed by atoms with Gasteiger partial charge in [0.05, 0.1) is 29.2 Å². The summed E-state index contributed by atoms with van der Waals surface area (Å²) in [5.74, 6) is 0. The minimum Gasteiger partial charge on any atom is -0.383 e. The van der Waals surface area contributed by atoms with Crippen molar-refractivity contribution in [3.05, 3.63) is 33.7 Å². The number of rotatable bonds is 3. The molecule has 2 rings (SSSR count). The van der Waals surface area contributed by atoms with Crippen LogP contribution < -0.4 is 5.69 Å². The van der Waals surface area contributed by atoms with Crippen molar-refractivity contribution in [1.29, 1.82) is 0 Å². The first-order chi connectivity index (χ1) is 7.24. The fourth-order valence-corrected chi connectivity index (χ4v) is 1.77. The normalized spacial score (nSPS) is 11.1. The number of nitrogens with one attached hydrogen (secondary N) is 1. The molecule has 0 unspecified atom stereocenters. The third-order valence-electron chi connectivity index (χ3n) is 2.28. The molecular weight excluding hydrogens is 216 g/mol. The number of benzene rings is 1. The number of imidazole rings is 1. The fraction of sp³-hybridized carbons (Fsp3) is 0.300. The highest BCUT2D eigenvalue weighted by Gasteiger charge is 2.07. The van der Waals surface area contributed by atoms with Crippen LogP contribution in [-0.4, -0.2) is 23.3 Å². The molecule has 0 fully saturated rings. The molecule has 1 aromatic heterocycles. The number of aromatic amines is 1. The van der Waals surface area contributed by atoms with Gasteiger partial charge in [-0.25, -0.2) is 4.79 Å². The Balaban J connectivity index is 2.58. The molecule has 0 amide bonds. The molecule has 0 spiro atoms. The lowest BCUT2D eigenvalue weighted by Crippen LogP contribution is -2.18. The second-order valence-corrected chi connectivity index (χ2v) is 3.62. The van der Waals surface area contributed by atoms with Gasteiger partial charge in [0.25, 0.3) is 0 Å². The van der Waals surface area contributed by atoms with E-state index in [0.717, 1.165) is 5.52 Å². The number of fused-ring (bicyclic) bond motifs is 1. The van der Waals surface area contributed by atoms with Gasteiger partial charge in [0.15, 0.2) is 0 Å². The Labute approximate surface area is 91.4 Å². The first-order valence-electron chi connectivity index (χ1n) is 4.60. The van der Waals surface area contributed by atoms with Crippen molar-refractivity contribution in [3.63, 3.8) is 0 Å². The quantitative estimate of drug-likeness (QED) is 0.865. The summed E-state index contributed by atoms with van der Waals surface area (Å²) in [6, 6.07) is 5.43. The van der Waals surface area contributed by atoms with E-state index in [1.165, 1.54) is 0 Å². The first-order valence-corrected chi connectivity index (χ1v) is 4.98. The van der Waals surface area contributed by atoms with Crippen molar-refractivity contribution in [2.75, 3.05) is 13.7 Å². The topological polar surface area (TPSA) is 47.0 Å². The predicted molar refractivity (Wildman–Crippen MR) is 59.4 cm³/mol. The van der Waals surface area contributed by atoms with Crippen molar-refractivity contribution in [1.82, 2.24) is 9.55 Å². The molecule has 1 N–H and O–H groups in total. The monoisotopic (exact) mass is 226 g/mol. The average Bonchev–Trinajstić information content (AvgIpc) is 2.54. The van der Waals surface area contributed by atoms with E-state index < -0.39 is 0 Å². The standard InChI is InChI=1S/C10H11ClN2O2/c1-15-6-5-13-8-4-2-3-7(11)9(8)12-10(13)14/h2-4H,5-6H2,1H3,(H,12,14). The van der Waals surface area contributed by atoms with E-state index in [1.54, 1.807) is 17.7 Å². The van der Waals surface area contributed by atoms with Gasteiger partial charge >= 0.3 is 5.69 Å². The van der Waals surface area contributed by atoms with E-state index in [0.29, 0.717) is 23.7 Å². The van der Waals surface area contributed by atoms with E-state index in [2.05, 4.69) is 4.98 Å². The summed E-state index contributed by atoms with van der Waals surface area (Å²) >= 11 is 5.96. The Morgan fingerprint density at radius 1 is 1.53 bits per heavy atom. The molecule has 0 aliphatic heterocycles. The van der Waals surface area contributed by atoms with E-state index >= 15 is 0 Å². The first kappa shape index (κ1) is 10.3. The second-order valence-electron chi connectivity index (χ2n) is 3.21. The van der Waals surface area contributed by atoms with E-state index in [1.807, 2.05) is 12.1 Å². The summed E-state index contributed by atoms with van der Waals surface area (Å²) in [4.78, 5) is 14.3. The minimum absolute atomic E-state index is 0.157. The highest BCUT2D eigenvalue weighted by Crippen LogP contribution is 2.19. The molecule has 15 heavy (non-hydrogen) atoms. The maximum absolute atomic E-state index is 11.6. The molecule has 1 heterocycles. The number of ether oxygens (including phenoxy) is 1. The Morgan fingerprint density at radius 3 is 3.07 bits per heavy atom. The van der Waals surface area contributed by atoms with Gasteiger partial charge in [0.2, 0.25) is 0 Å². The molecule has 0 saturated heterocycles. The van der Waals surface area contributed by atoms with Crippen LogP contribution in [0.1, 0.15) is 0 Å². The third-order valence-corrected chi connectivity index (χ3v) is 2.59. The molecule has 4 nitrogen and oxygen atoms in total. The van der Waals surface area contributed by atoms with E-state index in [9.17, 15) is 4.79 Å². The van der Waals surface area contributed by atoms with Gasteiger partial charge in [-0.3, -0.25) is 4.57 Å². The molecule has 0 aliphatic rings. The number of halogens is 1. The molecule has 0 atom stereocenters. The molecule has 0 radical (unpaired) electrons. The molecule has 0 bridgehead atoms. The van der Waals surface area contributed by atoms with Crippen LogP contribution in [0.2, 0.25) is 5.02 Å². The number of hydrogen-bond acceptors (Lipinski definition) is 2. The largest absolute Gasteiger partial charge is 0.383 e. The highest BCUT2D eigenvalue weighted by atomic mass is 35.5. The van der Waals surface area contributed by atoms with Gasteiger partial charge in [0.1, 0.15) is 0 Å². The zero-order valence-corrected chi connectivity index (χ0v) is 9.04. The molecular formula is C10H11ClN2O2. The average molecular weight is 227 g/mol. The zero-order valence-electron chi connectivity index (χ0n) is 8.29. The van der Waals surface area contributed by atoms with Crippen LogP contribution in [-0.2, 0) is 11.3 Å². The van der Waals surface area contributed by atoms with Crippen LogP contribution in [0.4, 0.5) is 0 Å². The Bertz CT molecular complexity index is 530.